The zero-order valence-electron chi connectivity index (χ0n) is 22.1. The average Bonchev–Trinajstić information content (AvgIpc) is 2.87. The molecular formula is C27H28ClF3N4O5. The van der Waals surface area contributed by atoms with Crippen molar-refractivity contribution in [1.29, 1.82) is 0 Å². The van der Waals surface area contributed by atoms with Crippen molar-refractivity contribution in [3.05, 3.63) is 75.7 Å². The molecule has 214 valence electrons. The third-order valence-electron chi connectivity index (χ3n) is 5.57. The van der Waals surface area contributed by atoms with Crippen molar-refractivity contribution in [2.75, 3.05) is 24.7 Å². The minimum Gasteiger partial charge on any atom is -0.481 e. The Kier molecular flexibility index (Phi) is 9.36. The molecule has 0 spiro atoms. The topological polar surface area (TPSA) is 127 Å². The number of methoxy groups -OCH3 is 1. The summed E-state index contributed by atoms with van der Waals surface area (Å²) in [6.07, 6.45) is -0.736. The Balaban J connectivity index is 2.02. The van der Waals surface area contributed by atoms with Crippen LogP contribution in [0.3, 0.4) is 0 Å². The predicted octanol–water partition coefficient (Wildman–Crippen LogP) is 6.16. The molecule has 0 bridgehead atoms. The second kappa shape index (κ2) is 12.3. The van der Waals surface area contributed by atoms with Crippen LogP contribution >= 0.6 is 11.6 Å². The molecule has 0 aliphatic rings. The first-order valence-corrected chi connectivity index (χ1v) is 12.3. The first-order chi connectivity index (χ1) is 18.7. The van der Waals surface area contributed by atoms with Gasteiger partial charge in [-0.3, -0.25) is 0 Å². The van der Waals surface area contributed by atoms with Gasteiger partial charge in [0.1, 0.15) is 11.4 Å². The lowest BCUT2D eigenvalue weighted by Crippen LogP contribution is -2.38. The van der Waals surface area contributed by atoms with E-state index in [4.69, 9.17) is 26.8 Å². The third-order valence-corrected chi connectivity index (χ3v) is 5.86. The fourth-order valence-corrected chi connectivity index (χ4v) is 3.80. The number of nitrogens with one attached hydrogen (secondary N) is 1. The summed E-state index contributed by atoms with van der Waals surface area (Å²) in [5.74, 6) is -4.60. The number of anilines is 3. The molecule has 0 aliphatic heterocycles. The smallest absolute Gasteiger partial charge is 0.410 e. The quantitative estimate of drug-likeness (QED) is 0.274. The highest BCUT2D eigenvalue weighted by molar-refractivity contribution is 6.31. The number of hydrogen-bond donors (Lipinski definition) is 3. The van der Waals surface area contributed by atoms with Crippen LogP contribution in [0.5, 0.6) is 5.88 Å². The Morgan fingerprint density at radius 2 is 1.80 bits per heavy atom. The van der Waals surface area contributed by atoms with Crippen LogP contribution in [-0.2, 0) is 17.7 Å². The van der Waals surface area contributed by atoms with Gasteiger partial charge in [0.25, 0.3) is 0 Å². The average molecular weight is 581 g/mol. The molecular weight excluding hydrogens is 553 g/mol. The second-order valence-corrected chi connectivity index (χ2v) is 10.1. The van der Waals surface area contributed by atoms with Crippen molar-refractivity contribution in [3.63, 3.8) is 0 Å². The minimum absolute atomic E-state index is 0.0787. The number of hydrogen-bond acceptors (Lipinski definition) is 7. The van der Waals surface area contributed by atoms with Gasteiger partial charge in [0, 0.05) is 30.3 Å². The van der Waals surface area contributed by atoms with Gasteiger partial charge in [-0.1, -0.05) is 11.6 Å². The van der Waals surface area contributed by atoms with Gasteiger partial charge < -0.3 is 30.5 Å². The minimum atomic E-state index is -1.44. The Bertz CT molecular complexity index is 1430. The summed E-state index contributed by atoms with van der Waals surface area (Å²) < 4.78 is 54.4. The lowest BCUT2D eigenvalue weighted by Gasteiger charge is -2.28. The van der Waals surface area contributed by atoms with Crippen molar-refractivity contribution in [3.8, 4) is 5.88 Å². The van der Waals surface area contributed by atoms with Crippen LogP contribution < -0.4 is 15.8 Å². The summed E-state index contributed by atoms with van der Waals surface area (Å²) in [6, 6.07) is 6.81. The van der Waals surface area contributed by atoms with Crippen LogP contribution in [0.15, 0.2) is 36.4 Å². The Hall–Kier alpha value is -4.19. The van der Waals surface area contributed by atoms with E-state index in [-0.39, 0.29) is 29.9 Å². The number of nitrogen functional groups attached to an aromatic ring is 1. The van der Waals surface area contributed by atoms with Crippen LogP contribution in [-0.4, -0.2) is 46.3 Å². The van der Waals surface area contributed by atoms with E-state index in [9.17, 15) is 23.5 Å². The van der Waals surface area contributed by atoms with Gasteiger partial charge in [-0.15, -0.1) is 0 Å². The largest absolute Gasteiger partial charge is 0.481 e. The van der Waals surface area contributed by atoms with E-state index < -0.39 is 52.2 Å². The van der Waals surface area contributed by atoms with Crippen LogP contribution in [0.1, 0.15) is 42.4 Å². The van der Waals surface area contributed by atoms with Gasteiger partial charge in [0.2, 0.25) is 5.88 Å². The zero-order chi connectivity index (χ0) is 29.8. The van der Waals surface area contributed by atoms with Crippen LogP contribution in [0.25, 0.3) is 0 Å². The Morgan fingerprint density at radius 3 is 2.42 bits per heavy atom. The first-order valence-electron chi connectivity index (χ1n) is 11.9. The number of amides is 1. The van der Waals surface area contributed by atoms with Crippen molar-refractivity contribution < 1.29 is 37.3 Å². The van der Waals surface area contributed by atoms with E-state index in [2.05, 4.69) is 10.3 Å². The predicted molar refractivity (Wildman–Crippen MR) is 144 cm³/mol. The van der Waals surface area contributed by atoms with Crippen molar-refractivity contribution in [2.45, 2.75) is 39.3 Å². The van der Waals surface area contributed by atoms with Crippen LogP contribution in [0.2, 0.25) is 5.02 Å². The van der Waals surface area contributed by atoms with Crippen molar-refractivity contribution in [1.82, 2.24) is 9.88 Å². The van der Waals surface area contributed by atoms with Gasteiger partial charge in [0.05, 0.1) is 41.3 Å². The van der Waals surface area contributed by atoms with Crippen molar-refractivity contribution in [2.24, 2.45) is 0 Å². The van der Waals surface area contributed by atoms with E-state index in [0.717, 1.165) is 29.2 Å². The highest BCUT2D eigenvalue weighted by atomic mass is 35.5. The molecule has 0 unspecified atom stereocenters. The first kappa shape index (κ1) is 30.4. The highest BCUT2D eigenvalue weighted by Crippen LogP contribution is 2.31. The molecule has 0 radical (unpaired) electrons. The molecule has 0 aliphatic carbocycles. The number of benzene rings is 2. The molecule has 40 heavy (non-hydrogen) atoms. The number of carbonyl (C=O) groups is 2. The summed E-state index contributed by atoms with van der Waals surface area (Å²) in [5.41, 5.74) is 4.69. The lowest BCUT2D eigenvalue weighted by atomic mass is 10.1. The molecule has 0 atom stereocenters. The SMILES string of the molecule is COc1ccc(N)c(CCN(Cc2c(Nc3cc(F)c(Cl)cc3C(=O)O)ccc(F)c2F)C(=O)OC(C)(C)C)n1. The summed E-state index contributed by atoms with van der Waals surface area (Å²) in [5, 5.41) is 11.7. The number of nitrogens with two attached hydrogens (primary N) is 1. The third kappa shape index (κ3) is 7.47. The molecule has 1 amide bonds. The van der Waals surface area contributed by atoms with E-state index in [1.54, 1.807) is 32.9 Å². The molecule has 2 aromatic carbocycles. The molecule has 0 saturated heterocycles. The Labute approximate surface area is 233 Å². The van der Waals surface area contributed by atoms with Crippen molar-refractivity contribution >= 4 is 40.7 Å². The van der Waals surface area contributed by atoms with Crippen LogP contribution in [0.4, 0.5) is 35.0 Å². The number of nitrogens with zero attached hydrogens (tertiary/aromatic N) is 2. The van der Waals surface area contributed by atoms with Gasteiger partial charge in [-0.05, 0) is 51.1 Å². The van der Waals surface area contributed by atoms with Gasteiger partial charge >= 0.3 is 12.1 Å². The maximum Gasteiger partial charge on any atom is 0.410 e. The standard InChI is InChI=1S/C27H28ClF3N4O5/c1-27(2,3)40-26(38)35(10-9-21-19(32)6-8-23(34-21)39-4)13-15-20(7-5-17(29)24(15)31)33-22-12-18(30)16(28)11-14(22)25(36)37/h5-8,11-12,33H,9-10,13,32H2,1-4H3,(H,36,37). The number of aromatic nitrogens is 1. The van der Waals surface area contributed by atoms with E-state index in [0.29, 0.717) is 17.3 Å². The maximum absolute atomic E-state index is 15.2. The number of rotatable bonds is 9. The fraction of sp³-hybridized carbons (Fsp3) is 0.296. The number of halogens is 4. The molecule has 3 rings (SSSR count). The van der Waals surface area contributed by atoms with E-state index >= 15 is 4.39 Å². The molecule has 3 aromatic rings. The molecule has 0 fully saturated rings. The van der Waals surface area contributed by atoms with Gasteiger partial charge in [-0.2, -0.15) is 0 Å². The number of carbonyl (C=O) groups excluding carboxylic acids is 1. The monoisotopic (exact) mass is 580 g/mol. The number of pyridine rings is 1. The van der Waals surface area contributed by atoms with Gasteiger partial charge in [0.15, 0.2) is 11.6 Å². The molecule has 0 saturated carbocycles. The summed E-state index contributed by atoms with van der Waals surface area (Å²) >= 11 is 5.73. The second-order valence-electron chi connectivity index (χ2n) is 9.67. The molecule has 13 heteroatoms. The van der Waals surface area contributed by atoms with Crippen LogP contribution in [0, 0.1) is 17.5 Å². The summed E-state index contributed by atoms with van der Waals surface area (Å²) in [6.45, 7) is 4.34. The lowest BCUT2D eigenvalue weighted by molar-refractivity contribution is 0.0233. The highest BCUT2D eigenvalue weighted by Gasteiger charge is 2.26. The number of carboxylic acid groups (broad SMARTS) is 1. The molecule has 1 heterocycles. The van der Waals surface area contributed by atoms with E-state index in [1.807, 2.05) is 0 Å². The maximum atomic E-state index is 15.2. The number of ether oxygens (including phenoxy) is 2. The number of aromatic carboxylic acids is 1. The fourth-order valence-electron chi connectivity index (χ4n) is 3.64. The normalized spacial score (nSPS) is 11.2. The van der Waals surface area contributed by atoms with Gasteiger partial charge in [-0.25, -0.2) is 27.7 Å². The number of carboxylic acids is 1. The zero-order valence-corrected chi connectivity index (χ0v) is 22.9. The molecule has 9 nitrogen and oxygen atoms in total. The van der Waals surface area contributed by atoms with E-state index in [1.165, 1.54) is 7.11 Å². The molecule has 4 N–H and O–H groups in total. The molecule has 1 aromatic heterocycles. The summed E-state index contributed by atoms with van der Waals surface area (Å²) in [7, 11) is 1.43. The Morgan fingerprint density at radius 1 is 1.10 bits per heavy atom. The summed E-state index contributed by atoms with van der Waals surface area (Å²) in [4.78, 5) is 30.3.